The molecule has 0 unspecified atom stereocenters. The lowest BCUT2D eigenvalue weighted by Crippen LogP contribution is -2.38. The van der Waals surface area contributed by atoms with Gasteiger partial charge in [-0.15, -0.1) is 0 Å². The highest BCUT2D eigenvalue weighted by Crippen LogP contribution is 2.38. The first-order valence-electron chi connectivity index (χ1n) is 10.4. The highest BCUT2D eigenvalue weighted by Gasteiger charge is 2.50. The Kier molecular flexibility index (Phi) is 7.21. The molecule has 1 heterocycles. The molecule has 0 aliphatic heterocycles. The number of aliphatic carboxylic acids is 1. The maximum absolute atomic E-state index is 11.5. The number of aromatic nitrogens is 2. The Morgan fingerprint density at radius 2 is 1.76 bits per heavy atom. The topological polar surface area (TPSA) is 93.6 Å². The first-order chi connectivity index (χ1) is 16.0. The van der Waals surface area contributed by atoms with E-state index in [1.54, 1.807) is 0 Å². The van der Waals surface area contributed by atoms with Crippen LogP contribution in [0.3, 0.4) is 0 Å². The predicted molar refractivity (Wildman–Crippen MR) is 131 cm³/mol. The third kappa shape index (κ3) is 5.15. The zero-order valence-electron chi connectivity index (χ0n) is 18.3. The summed E-state index contributed by atoms with van der Waals surface area (Å²) in [6.07, 6.45) is 1.19. The third-order valence-corrected chi connectivity index (χ3v) is 7.41. The Morgan fingerprint density at radius 3 is 2.33 bits per heavy atom. The fourth-order valence-corrected chi connectivity index (χ4v) is 5.14. The smallest absolute Gasteiger partial charge is 0.323 e. The molecule has 2 aromatic carbocycles. The van der Waals surface area contributed by atoms with Crippen LogP contribution in [0.1, 0.15) is 24.0 Å². The molecule has 3 aromatic rings. The summed E-state index contributed by atoms with van der Waals surface area (Å²) < 4.78 is 12.0. The van der Waals surface area contributed by atoms with Crippen LogP contribution in [-0.4, -0.2) is 40.8 Å². The van der Waals surface area contributed by atoms with Crippen LogP contribution >= 0.6 is 27.7 Å². The van der Waals surface area contributed by atoms with E-state index >= 15 is 0 Å². The molecule has 0 bridgehead atoms. The molecule has 1 fully saturated rings. The van der Waals surface area contributed by atoms with E-state index in [2.05, 4.69) is 55.5 Å². The average molecular weight is 530 g/mol. The van der Waals surface area contributed by atoms with E-state index in [4.69, 9.17) is 9.47 Å². The number of ether oxygens (including phenoxy) is 2. The van der Waals surface area contributed by atoms with Crippen LogP contribution < -0.4 is 14.8 Å². The molecule has 1 aromatic heterocycles. The molecule has 0 amide bonds. The lowest BCUT2D eigenvalue weighted by atomic mass is 10.0. The number of nitrogens with one attached hydrogen (secondary N) is 1. The molecular weight excluding hydrogens is 506 g/mol. The summed E-state index contributed by atoms with van der Waals surface area (Å²) in [6, 6.07) is 16.4. The Hall–Kier alpha value is -2.62. The number of carbonyl (C=O) groups is 1. The minimum Gasteiger partial charge on any atom is -0.481 e. The number of hydrogen-bond acceptors (Lipinski definition) is 7. The number of thioether (sulfide) groups is 1. The zero-order valence-corrected chi connectivity index (χ0v) is 20.7. The van der Waals surface area contributed by atoms with Gasteiger partial charge in [-0.05, 0) is 45.5 Å². The quantitative estimate of drug-likeness (QED) is 0.282. The van der Waals surface area contributed by atoms with Gasteiger partial charge in [0.25, 0.3) is 0 Å². The van der Waals surface area contributed by atoms with Crippen molar-refractivity contribution < 1.29 is 19.4 Å². The summed E-state index contributed by atoms with van der Waals surface area (Å²) in [5, 5.41) is 13.0. The van der Waals surface area contributed by atoms with E-state index in [1.165, 1.54) is 26.0 Å². The SMILES string of the molecule is COc1nc(SCc2cccc(-c3ccccc3)c2Br)nc(OC)c1CNC1(C(=O)O)CC1. The van der Waals surface area contributed by atoms with Crippen LogP contribution in [0.25, 0.3) is 11.1 Å². The summed E-state index contributed by atoms with van der Waals surface area (Å²) in [4.78, 5) is 20.5. The van der Waals surface area contributed by atoms with Crippen molar-refractivity contribution in [2.45, 2.75) is 35.8 Å². The van der Waals surface area contributed by atoms with Gasteiger partial charge in [-0.3, -0.25) is 10.1 Å². The second-order valence-electron chi connectivity index (χ2n) is 7.68. The van der Waals surface area contributed by atoms with E-state index in [0.717, 1.165) is 21.2 Å². The van der Waals surface area contributed by atoms with Crippen molar-refractivity contribution in [1.82, 2.24) is 15.3 Å². The highest BCUT2D eigenvalue weighted by molar-refractivity contribution is 9.10. The molecule has 1 aliphatic carbocycles. The van der Waals surface area contributed by atoms with Crippen LogP contribution in [0.4, 0.5) is 0 Å². The van der Waals surface area contributed by atoms with Crippen molar-refractivity contribution in [2.75, 3.05) is 14.2 Å². The van der Waals surface area contributed by atoms with Crippen molar-refractivity contribution in [3.05, 3.63) is 64.1 Å². The van der Waals surface area contributed by atoms with Gasteiger partial charge < -0.3 is 14.6 Å². The second kappa shape index (κ2) is 10.1. The van der Waals surface area contributed by atoms with Crippen molar-refractivity contribution in [3.8, 4) is 22.9 Å². The Bertz CT molecular complexity index is 1130. The number of rotatable bonds is 10. The number of carboxylic acids is 1. The minimum absolute atomic E-state index is 0.244. The molecule has 0 saturated heterocycles. The monoisotopic (exact) mass is 529 g/mol. The normalized spacial score (nSPS) is 14.0. The summed E-state index contributed by atoms with van der Waals surface area (Å²) in [6.45, 7) is 0.244. The Balaban J connectivity index is 1.53. The van der Waals surface area contributed by atoms with E-state index in [1.807, 2.05) is 24.3 Å². The number of nitrogens with zero attached hydrogens (tertiary/aromatic N) is 2. The van der Waals surface area contributed by atoms with Crippen molar-refractivity contribution in [3.63, 3.8) is 0 Å². The van der Waals surface area contributed by atoms with Crippen LogP contribution in [0.5, 0.6) is 11.8 Å². The first kappa shape index (κ1) is 23.5. The van der Waals surface area contributed by atoms with Crippen LogP contribution in [0.2, 0.25) is 0 Å². The molecule has 9 heteroatoms. The van der Waals surface area contributed by atoms with Gasteiger partial charge in [-0.2, -0.15) is 9.97 Å². The van der Waals surface area contributed by atoms with E-state index < -0.39 is 11.5 Å². The van der Waals surface area contributed by atoms with Gasteiger partial charge >= 0.3 is 5.97 Å². The number of halogens is 1. The minimum atomic E-state index is -0.876. The van der Waals surface area contributed by atoms with Crippen molar-refractivity contribution in [2.24, 2.45) is 0 Å². The van der Waals surface area contributed by atoms with E-state index in [0.29, 0.717) is 41.1 Å². The number of hydrogen-bond donors (Lipinski definition) is 2. The first-order valence-corrected chi connectivity index (χ1v) is 12.2. The van der Waals surface area contributed by atoms with E-state index in [9.17, 15) is 9.90 Å². The molecule has 172 valence electrons. The van der Waals surface area contributed by atoms with Crippen molar-refractivity contribution >= 4 is 33.7 Å². The molecule has 1 aliphatic rings. The fourth-order valence-electron chi connectivity index (χ4n) is 3.50. The van der Waals surface area contributed by atoms with Gasteiger partial charge in [0.2, 0.25) is 11.8 Å². The molecule has 0 atom stereocenters. The van der Waals surface area contributed by atoms with Gasteiger partial charge in [-0.25, -0.2) is 0 Å². The van der Waals surface area contributed by atoms with Crippen LogP contribution in [0.15, 0.2) is 58.2 Å². The molecule has 0 spiro atoms. The van der Waals surface area contributed by atoms with Crippen LogP contribution in [-0.2, 0) is 17.1 Å². The maximum atomic E-state index is 11.5. The standard InChI is InChI=1S/C24H24BrN3O4S/c1-31-20-18(13-26-24(11-12-24)22(29)30)21(32-2)28-23(27-20)33-14-16-9-6-10-17(19(16)25)15-7-4-3-5-8-15/h3-10,26H,11-14H2,1-2H3,(H,29,30). The predicted octanol–water partition coefficient (Wildman–Crippen LogP) is 4.92. The fraction of sp³-hybridized carbons (Fsp3) is 0.292. The van der Waals surface area contributed by atoms with Crippen LogP contribution in [0, 0.1) is 0 Å². The number of methoxy groups -OCH3 is 2. The zero-order chi connectivity index (χ0) is 23.4. The summed E-state index contributed by atoms with van der Waals surface area (Å²) in [5.74, 6) is 0.537. The lowest BCUT2D eigenvalue weighted by Gasteiger charge is -2.16. The summed E-state index contributed by atoms with van der Waals surface area (Å²) >= 11 is 5.23. The molecule has 1 saturated carbocycles. The van der Waals surface area contributed by atoms with Gasteiger partial charge in [0.1, 0.15) is 5.54 Å². The van der Waals surface area contributed by atoms with Gasteiger partial charge in [0.05, 0.1) is 19.8 Å². The number of benzene rings is 2. The lowest BCUT2D eigenvalue weighted by molar-refractivity contribution is -0.140. The number of carboxylic acid groups (broad SMARTS) is 1. The Labute approximate surface area is 205 Å². The third-order valence-electron chi connectivity index (χ3n) is 5.58. The molecular formula is C24H24BrN3O4S. The second-order valence-corrected chi connectivity index (χ2v) is 9.41. The molecule has 0 radical (unpaired) electrons. The average Bonchev–Trinajstić information content (AvgIpc) is 3.64. The largest absolute Gasteiger partial charge is 0.481 e. The molecule has 4 rings (SSSR count). The Morgan fingerprint density at radius 1 is 1.09 bits per heavy atom. The van der Waals surface area contributed by atoms with Gasteiger partial charge in [0, 0.05) is 16.8 Å². The molecule has 7 nitrogen and oxygen atoms in total. The van der Waals surface area contributed by atoms with E-state index in [-0.39, 0.29) is 6.54 Å². The van der Waals surface area contributed by atoms with Gasteiger partial charge in [-0.1, -0.05) is 60.3 Å². The summed E-state index contributed by atoms with van der Waals surface area (Å²) in [7, 11) is 3.06. The van der Waals surface area contributed by atoms with Crippen molar-refractivity contribution in [1.29, 1.82) is 0 Å². The maximum Gasteiger partial charge on any atom is 0.323 e. The molecule has 2 N–H and O–H groups in total. The molecule has 33 heavy (non-hydrogen) atoms. The highest BCUT2D eigenvalue weighted by atomic mass is 79.9. The van der Waals surface area contributed by atoms with Gasteiger partial charge in [0.15, 0.2) is 5.16 Å². The summed E-state index contributed by atoms with van der Waals surface area (Å²) in [5.41, 5.74) is 3.11.